The lowest BCUT2D eigenvalue weighted by atomic mass is 10.0. The summed E-state index contributed by atoms with van der Waals surface area (Å²) in [5, 5.41) is 5.90. The van der Waals surface area contributed by atoms with E-state index in [1.807, 2.05) is 6.92 Å². The summed E-state index contributed by atoms with van der Waals surface area (Å²) in [5.41, 5.74) is -2.52. The highest BCUT2D eigenvalue weighted by molar-refractivity contribution is 5.94. The predicted octanol–water partition coefficient (Wildman–Crippen LogP) is 1.69. The largest absolute Gasteiger partial charge is 0.431 e. The van der Waals surface area contributed by atoms with E-state index in [1.54, 1.807) is 4.98 Å². The van der Waals surface area contributed by atoms with Crippen molar-refractivity contribution in [2.45, 2.75) is 38.0 Å². The summed E-state index contributed by atoms with van der Waals surface area (Å²) in [6.07, 6.45) is -3.21. The molecule has 5 nitrogen and oxygen atoms in total. The Morgan fingerprint density at radius 1 is 1.36 bits per heavy atom. The zero-order chi connectivity index (χ0) is 15.6. The van der Waals surface area contributed by atoms with E-state index in [0.717, 1.165) is 12.6 Å². The Morgan fingerprint density at radius 3 is 2.59 bits per heavy atom. The molecular formula is C13H17ClF3N3O2. The topological polar surface area (TPSA) is 74.0 Å². The normalized spacial score (nSPS) is 21.8. The Hall–Kier alpha value is -1.54. The molecule has 1 amide bonds. The van der Waals surface area contributed by atoms with Crippen molar-refractivity contribution in [3.8, 4) is 0 Å². The average Bonchev–Trinajstić information content (AvgIpc) is 2.37. The zero-order valence-corrected chi connectivity index (χ0v) is 12.6. The van der Waals surface area contributed by atoms with E-state index < -0.39 is 23.3 Å². The van der Waals surface area contributed by atoms with Crippen LogP contribution in [0.5, 0.6) is 0 Å². The number of H-pyrrole nitrogens is 1. The van der Waals surface area contributed by atoms with Gasteiger partial charge in [-0.25, -0.2) is 0 Å². The Kier molecular flexibility index (Phi) is 6.01. The van der Waals surface area contributed by atoms with Crippen molar-refractivity contribution in [2.24, 2.45) is 0 Å². The highest BCUT2D eigenvalue weighted by Crippen LogP contribution is 2.26. The van der Waals surface area contributed by atoms with Crippen LogP contribution in [0.25, 0.3) is 0 Å². The van der Waals surface area contributed by atoms with Gasteiger partial charge < -0.3 is 15.6 Å². The lowest BCUT2D eigenvalue weighted by Crippen LogP contribution is -2.47. The average molecular weight is 340 g/mol. The first-order chi connectivity index (χ1) is 9.77. The van der Waals surface area contributed by atoms with Crippen molar-refractivity contribution in [2.75, 3.05) is 6.54 Å². The lowest BCUT2D eigenvalue weighted by molar-refractivity contribution is -0.141. The summed E-state index contributed by atoms with van der Waals surface area (Å²) >= 11 is 0. The molecule has 0 aromatic carbocycles. The number of piperidine rings is 1. The molecular weight excluding hydrogens is 323 g/mol. The third-order valence-electron chi connectivity index (χ3n) is 3.42. The van der Waals surface area contributed by atoms with Gasteiger partial charge in [-0.05, 0) is 38.4 Å². The number of nitrogens with one attached hydrogen (secondary N) is 3. The minimum absolute atomic E-state index is 0. The van der Waals surface area contributed by atoms with Crippen molar-refractivity contribution in [1.29, 1.82) is 0 Å². The Morgan fingerprint density at radius 2 is 2.05 bits per heavy atom. The van der Waals surface area contributed by atoms with E-state index in [0.29, 0.717) is 18.9 Å². The van der Waals surface area contributed by atoms with Gasteiger partial charge in [0.25, 0.3) is 11.5 Å². The Balaban J connectivity index is 0.00000242. The fraction of sp³-hybridized carbons (Fsp3) is 0.538. The molecule has 1 aromatic heterocycles. The molecule has 2 rings (SSSR count). The SMILES string of the molecule is CC1CC(NC(=O)c2ccc(C(F)(F)F)[nH]c2=O)CCN1.Cl. The molecule has 0 spiro atoms. The molecule has 0 saturated carbocycles. The summed E-state index contributed by atoms with van der Waals surface area (Å²) in [6.45, 7) is 2.72. The van der Waals surface area contributed by atoms with Crippen LogP contribution in [0, 0.1) is 0 Å². The van der Waals surface area contributed by atoms with E-state index in [1.165, 1.54) is 0 Å². The second-order valence-corrected chi connectivity index (χ2v) is 5.16. The van der Waals surface area contributed by atoms with Gasteiger partial charge in [0.05, 0.1) is 0 Å². The van der Waals surface area contributed by atoms with Crippen LogP contribution in [0.4, 0.5) is 13.2 Å². The van der Waals surface area contributed by atoms with Crippen molar-refractivity contribution < 1.29 is 18.0 Å². The van der Waals surface area contributed by atoms with Crippen LogP contribution in [-0.2, 0) is 6.18 Å². The minimum Gasteiger partial charge on any atom is -0.349 e. The summed E-state index contributed by atoms with van der Waals surface area (Å²) in [4.78, 5) is 25.3. The Labute approximate surface area is 131 Å². The van der Waals surface area contributed by atoms with Crippen LogP contribution in [0.1, 0.15) is 35.8 Å². The Bertz CT molecular complexity index is 589. The maximum atomic E-state index is 12.4. The zero-order valence-electron chi connectivity index (χ0n) is 11.8. The predicted molar refractivity (Wildman–Crippen MR) is 77.3 cm³/mol. The first-order valence-electron chi connectivity index (χ1n) is 6.62. The smallest absolute Gasteiger partial charge is 0.349 e. The van der Waals surface area contributed by atoms with Gasteiger partial charge in [-0.3, -0.25) is 9.59 Å². The maximum absolute atomic E-state index is 12.4. The summed E-state index contributed by atoms with van der Waals surface area (Å²) in [6, 6.07) is 1.76. The van der Waals surface area contributed by atoms with Gasteiger partial charge >= 0.3 is 6.18 Å². The number of halogens is 4. The molecule has 1 saturated heterocycles. The van der Waals surface area contributed by atoms with Gasteiger partial charge in [0, 0.05) is 12.1 Å². The highest BCUT2D eigenvalue weighted by atomic mass is 35.5. The molecule has 3 N–H and O–H groups in total. The molecule has 1 fully saturated rings. The minimum atomic E-state index is -4.64. The van der Waals surface area contributed by atoms with Crippen LogP contribution in [0.15, 0.2) is 16.9 Å². The van der Waals surface area contributed by atoms with Crippen molar-refractivity contribution in [1.82, 2.24) is 15.6 Å². The number of rotatable bonds is 2. The van der Waals surface area contributed by atoms with Crippen LogP contribution in [-0.4, -0.2) is 29.5 Å². The maximum Gasteiger partial charge on any atom is 0.431 e. The van der Waals surface area contributed by atoms with Gasteiger partial charge in [-0.15, -0.1) is 12.4 Å². The van der Waals surface area contributed by atoms with Gasteiger partial charge in [-0.2, -0.15) is 13.2 Å². The summed E-state index contributed by atoms with van der Waals surface area (Å²) < 4.78 is 37.3. The number of amides is 1. The van der Waals surface area contributed by atoms with E-state index in [9.17, 15) is 22.8 Å². The van der Waals surface area contributed by atoms with Crippen LogP contribution in [0.2, 0.25) is 0 Å². The molecule has 0 aliphatic carbocycles. The van der Waals surface area contributed by atoms with Crippen molar-refractivity contribution >= 4 is 18.3 Å². The molecule has 2 atom stereocenters. The molecule has 22 heavy (non-hydrogen) atoms. The number of hydrogen-bond donors (Lipinski definition) is 3. The molecule has 2 heterocycles. The lowest BCUT2D eigenvalue weighted by Gasteiger charge is -2.28. The van der Waals surface area contributed by atoms with Gasteiger partial charge in [-0.1, -0.05) is 0 Å². The molecule has 1 aromatic rings. The third kappa shape index (κ3) is 4.48. The fourth-order valence-electron chi connectivity index (χ4n) is 2.34. The first-order valence-corrected chi connectivity index (χ1v) is 6.62. The van der Waals surface area contributed by atoms with E-state index in [2.05, 4.69) is 10.6 Å². The molecule has 0 bridgehead atoms. The number of aromatic amines is 1. The molecule has 1 aliphatic heterocycles. The fourth-order valence-corrected chi connectivity index (χ4v) is 2.34. The second kappa shape index (κ2) is 7.15. The monoisotopic (exact) mass is 339 g/mol. The third-order valence-corrected chi connectivity index (χ3v) is 3.42. The van der Waals surface area contributed by atoms with Crippen LogP contribution < -0.4 is 16.2 Å². The van der Waals surface area contributed by atoms with Crippen molar-refractivity contribution in [3.05, 3.63) is 33.7 Å². The van der Waals surface area contributed by atoms with Crippen LogP contribution >= 0.6 is 12.4 Å². The van der Waals surface area contributed by atoms with Gasteiger partial charge in [0.15, 0.2) is 0 Å². The number of alkyl halides is 3. The van der Waals surface area contributed by atoms with E-state index in [4.69, 9.17) is 0 Å². The summed E-state index contributed by atoms with van der Waals surface area (Å²) in [7, 11) is 0. The van der Waals surface area contributed by atoms with Crippen molar-refractivity contribution in [3.63, 3.8) is 0 Å². The number of aromatic nitrogens is 1. The van der Waals surface area contributed by atoms with Gasteiger partial charge in [0.1, 0.15) is 11.3 Å². The second-order valence-electron chi connectivity index (χ2n) is 5.16. The summed E-state index contributed by atoms with van der Waals surface area (Å²) in [5.74, 6) is -0.649. The quantitative estimate of drug-likeness (QED) is 0.767. The number of hydrogen-bond acceptors (Lipinski definition) is 3. The van der Waals surface area contributed by atoms with E-state index >= 15 is 0 Å². The number of pyridine rings is 1. The van der Waals surface area contributed by atoms with Crippen LogP contribution in [0.3, 0.4) is 0 Å². The highest BCUT2D eigenvalue weighted by Gasteiger charge is 2.32. The standard InChI is InChI=1S/C13H16F3N3O2.ClH/c1-7-6-8(4-5-17-7)18-11(20)9-2-3-10(13(14,15)16)19-12(9)21;/h2-3,7-8,17H,4-6H2,1H3,(H,18,20)(H,19,21);1H. The molecule has 0 radical (unpaired) electrons. The molecule has 124 valence electrons. The number of carbonyl (C=O) groups excluding carboxylic acids is 1. The number of carbonyl (C=O) groups is 1. The van der Waals surface area contributed by atoms with Gasteiger partial charge in [0.2, 0.25) is 0 Å². The molecule has 1 aliphatic rings. The molecule has 2 unspecified atom stereocenters. The first kappa shape index (κ1) is 18.5. The van der Waals surface area contributed by atoms with E-state index in [-0.39, 0.29) is 30.1 Å². The molecule has 9 heteroatoms.